The first kappa shape index (κ1) is 6.22. The molecule has 0 aliphatic carbocycles. The van der Waals surface area contributed by atoms with Gasteiger partial charge in [-0.2, -0.15) is 0 Å². The minimum absolute atomic E-state index is 0.817. The first-order valence-corrected chi connectivity index (χ1v) is 3.41. The van der Waals surface area contributed by atoms with Crippen LogP contribution in [0.4, 0.5) is 5.69 Å². The molecule has 0 radical (unpaired) electrons. The maximum absolute atomic E-state index is 5.11. The Bertz CT molecular complexity index is 367. The van der Waals surface area contributed by atoms with Gasteiger partial charge in [-0.3, -0.25) is 0 Å². The molecule has 2 aromatic rings. The second-order valence-electron chi connectivity index (χ2n) is 2.28. The van der Waals surface area contributed by atoms with Crippen molar-refractivity contribution in [2.24, 2.45) is 0 Å². The van der Waals surface area contributed by atoms with Gasteiger partial charge >= 0.3 is 0 Å². The van der Waals surface area contributed by atoms with E-state index in [1.807, 2.05) is 25.2 Å². The van der Waals surface area contributed by atoms with E-state index in [-0.39, 0.29) is 0 Å². The molecule has 0 aliphatic heterocycles. The molecular weight excluding hydrogens is 140 g/mol. The minimum atomic E-state index is 0.817. The highest BCUT2D eigenvalue weighted by atomic mass is 16.3. The molecule has 1 aromatic carbocycles. The largest absolute Gasteiger partial charge is 0.443 e. The molecule has 0 spiro atoms. The summed E-state index contributed by atoms with van der Waals surface area (Å²) in [6.45, 7) is 0. The van der Waals surface area contributed by atoms with Crippen molar-refractivity contribution in [1.29, 1.82) is 0 Å². The number of anilines is 1. The van der Waals surface area contributed by atoms with Gasteiger partial charge in [0.05, 0.1) is 0 Å². The van der Waals surface area contributed by atoms with E-state index < -0.39 is 0 Å². The number of hydrogen-bond acceptors (Lipinski definition) is 3. The topological polar surface area (TPSA) is 38.1 Å². The predicted molar refractivity (Wildman–Crippen MR) is 43.6 cm³/mol. The van der Waals surface area contributed by atoms with Gasteiger partial charge in [-0.1, -0.05) is 0 Å². The van der Waals surface area contributed by atoms with Crippen LogP contribution in [0.25, 0.3) is 11.1 Å². The molecule has 1 N–H and O–H groups in total. The SMILES string of the molecule is CNc1ccc2ncoc2c1. The lowest BCUT2D eigenvalue weighted by molar-refractivity contribution is 0.602. The van der Waals surface area contributed by atoms with Crippen molar-refractivity contribution < 1.29 is 4.42 Å². The lowest BCUT2D eigenvalue weighted by Gasteiger charge is -1.96. The Labute approximate surface area is 64.0 Å². The molecule has 0 saturated heterocycles. The molecule has 0 fully saturated rings. The Morgan fingerprint density at radius 3 is 3.18 bits per heavy atom. The highest BCUT2D eigenvalue weighted by Crippen LogP contribution is 2.16. The van der Waals surface area contributed by atoms with Crippen LogP contribution in [-0.4, -0.2) is 12.0 Å². The molecule has 0 unspecified atom stereocenters. The fourth-order valence-electron chi connectivity index (χ4n) is 1.01. The fourth-order valence-corrected chi connectivity index (χ4v) is 1.01. The summed E-state index contributed by atoms with van der Waals surface area (Å²) in [4.78, 5) is 4.00. The highest BCUT2D eigenvalue weighted by molar-refractivity contribution is 5.76. The van der Waals surface area contributed by atoms with E-state index in [0.717, 1.165) is 16.8 Å². The van der Waals surface area contributed by atoms with Crippen LogP contribution in [0, 0.1) is 0 Å². The Kier molecular flexibility index (Phi) is 1.28. The van der Waals surface area contributed by atoms with Gasteiger partial charge in [-0.05, 0) is 12.1 Å². The van der Waals surface area contributed by atoms with Crippen molar-refractivity contribution in [3.63, 3.8) is 0 Å². The Balaban J connectivity index is 2.67. The molecule has 3 nitrogen and oxygen atoms in total. The van der Waals surface area contributed by atoms with E-state index in [0.29, 0.717) is 0 Å². The van der Waals surface area contributed by atoms with Crippen LogP contribution in [-0.2, 0) is 0 Å². The monoisotopic (exact) mass is 148 g/mol. The van der Waals surface area contributed by atoms with E-state index in [1.54, 1.807) is 0 Å². The second kappa shape index (κ2) is 2.27. The second-order valence-corrected chi connectivity index (χ2v) is 2.28. The van der Waals surface area contributed by atoms with Crippen LogP contribution in [0.15, 0.2) is 29.0 Å². The van der Waals surface area contributed by atoms with Crippen molar-refractivity contribution in [2.45, 2.75) is 0 Å². The van der Waals surface area contributed by atoms with E-state index >= 15 is 0 Å². The summed E-state index contributed by atoms with van der Waals surface area (Å²) in [5.41, 5.74) is 2.75. The summed E-state index contributed by atoms with van der Waals surface area (Å²) in [7, 11) is 1.87. The van der Waals surface area contributed by atoms with Gasteiger partial charge in [0, 0.05) is 18.8 Å². The third kappa shape index (κ3) is 0.941. The molecule has 0 saturated carbocycles. The van der Waals surface area contributed by atoms with Crippen molar-refractivity contribution in [2.75, 3.05) is 12.4 Å². The quantitative estimate of drug-likeness (QED) is 0.670. The molecule has 0 amide bonds. The standard InChI is InChI=1S/C8H8N2O/c1-9-6-2-3-7-8(4-6)11-5-10-7/h2-5,9H,1H3. The summed E-state index contributed by atoms with van der Waals surface area (Å²) >= 11 is 0. The molecule has 0 bridgehead atoms. The number of fused-ring (bicyclic) bond motifs is 1. The zero-order valence-electron chi connectivity index (χ0n) is 6.16. The molecule has 11 heavy (non-hydrogen) atoms. The number of aromatic nitrogens is 1. The van der Waals surface area contributed by atoms with Gasteiger partial charge in [-0.25, -0.2) is 4.98 Å². The van der Waals surface area contributed by atoms with Gasteiger partial charge in [0.25, 0.3) is 0 Å². The highest BCUT2D eigenvalue weighted by Gasteiger charge is 1.97. The van der Waals surface area contributed by atoms with Crippen molar-refractivity contribution >= 4 is 16.8 Å². The third-order valence-corrected chi connectivity index (χ3v) is 1.62. The zero-order chi connectivity index (χ0) is 7.68. The van der Waals surface area contributed by atoms with Crippen LogP contribution in [0.5, 0.6) is 0 Å². The van der Waals surface area contributed by atoms with Gasteiger partial charge in [0.2, 0.25) is 0 Å². The molecule has 1 heterocycles. The normalized spacial score (nSPS) is 10.3. The molecule has 1 aromatic heterocycles. The summed E-state index contributed by atoms with van der Waals surface area (Å²) in [6.07, 6.45) is 1.45. The minimum Gasteiger partial charge on any atom is -0.443 e. The fraction of sp³-hybridized carbons (Fsp3) is 0.125. The summed E-state index contributed by atoms with van der Waals surface area (Å²) in [5, 5.41) is 3.02. The van der Waals surface area contributed by atoms with Gasteiger partial charge in [-0.15, -0.1) is 0 Å². The van der Waals surface area contributed by atoms with Gasteiger partial charge in [0.1, 0.15) is 5.52 Å². The Morgan fingerprint density at radius 1 is 1.45 bits per heavy atom. The number of benzene rings is 1. The molecular formula is C8H8N2O. The predicted octanol–water partition coefficient (Wildman–Crippen LogP) is 1.87. The summed E-state index contributed by atoms with van der Waals surface area (Å²) < 4.78 is 5.11. The lowest BCUT2D eigenvalue weighted by Crippen LogP contribution is -1.85. The van der Waals surface area contributed by atoms with E-state index in [9.17, 15) is 0 Å². The summed E-state index contributed by atoms with van der Waals surface area (Å²) in [5.74, 6) is 0. The number of hydrogen-bond donors (Lipinski definition) is 1. The van der Waals surface area contributed by atoms with E-state index in [2.05, 4.69) is 10.3 Å². The van der Waals surface area contributed by atoms with Crippen LogP contribution >= 0.6 is 0 Å². The van der Waals surface area contributed by atoms with Crippen molar-refractivity contribution in [3.8, 4) is 0 Å². The first-order chi connectivity index (χ1) is 5.40. The molecule has 56 valence electrons. The maximum atomic E-state index is 5.11. The molecule has 2 rings (SSSR count). The lowest BCUT2D eigenvalue weighted by atomic mass is 10.3. The van der Waals surface area contributed by atoms with E-state index in [1.165, 1.54) is 6.39 Å². The van der Waals surface area contributed by atoms with Crippen molar-refractivity contribution in [1.82, 2.24) is 4.98 Å². The van der Waals surface area contributed by atoms with Crippen LogP contribution in [0.3, 0.4) is 0 Å². The smallest absolute Gasteiger partial charge is 0.181 e. The Morgan fingerprint density at radius 2 is 2.36 bits per heavy atom. The van der Waals surface area contributed by atoms with E-state index in [4.69, 9.17) is 4.42 Å². The molecule has 0 aliphatic rings. The van der Waals surface area contributed by atoms with Crippen LogP contribution < -0.4 is 5.32 Å². The number of nitrogens with zero attached hydrogens (tertiary/aromatic N) is 1. The first-order valence-electron chi connectivity index (χ1n) is 3.41. The molecule has 0 atom stereocenters. The number of oxazole rings is 1. The number of nitrogens with one attached hydrogen (secondary N) is 1. The van der Waals surface area contributed by atoms with Gasteiger partial charge < -0.3 is 9.73 Å². The van der Waals surface area contributed by atoms with Crippen molar-refractivity contribution in [3.05, 3.63) is 24.6 Å². The van der Waals surface area contributed by atoms with Gasteiger partial charge in [0.15, 0.2) is 12.0 Å². The third-order valence-electron chi connectivity index (χ3n) is 1.62. The average molecular weight is 148 g/mol. The average Bonchev–Trinajstić information content (AvgIpc) is 2.50. The number of rotatable bonds is 1. The van der Waals surface area contributed by atoms with Crippen LogP contribution in [0.2, 0.25) is 0 Å². The Hall–Kier alpha value is -1.51. The van der Waals surface area contributed by atoms with Crippen LogP contribution in [0.1, 0.15) is 0 Å². The molecule has 3 heteroatoms. The maximum Gasteiger partial charge on any atom is 0.181 e. The summed E-state index contributed by atoms with van der Waals surface area (Å²) in [6, 6.07) is 5.80. The zero-order valence-corrected chi connectivity index (χ0v) is 6.16.